The van der Waals surface area contributed by atoms with Crippen LogP contribution in [0.3, 0.4) is 0 Å². The summed E-state index contributed by atoms with van der Waals surface area (Å²) in [6, 6.07) is 5.92. The van der Waals surface area contributed by atoms with Crippen LogP contribution in [0.2, 0.25) is 0 Å². The number of carbonyl (C=O) groups is 2. The Kier molecular flexibility index (Phi) is 4.17. The third-order valence-electron chi connectivity index (χ3n) is 4.18. The van der Waals surface area contributed by atoms with Crippen molar-refractivity contribution in [2.75, 3.05) is 5.32 Å². The van der Waals surface area contributed by atoms with Crippen LogP contribution in [-0.2, 0) is 9.59 Å². The quantitative estimate of drug-likeness (QED) is 0.843. The first-order valence-corrected chi connectivity index (χ1v) is 8.32. The summed E-state index contributed by atoms with van der Waals surface area (Å²) in [4.78, 5) is 28.3. The Morgan fingerprint density at radius 3 is 2.83 bits per heavy atom. The molecule has 0 bridgehead atoms. The van der Waals surface area contributed by atoms with Gasteiger partial charge < -0.3 is 10.4 Å². The molecule has 1 aromatic carbocycles. The van der Waals surface area contributed by atoms with Gasteiger partial charge >= 0.3 is 5.97 Å². The van der Waals surface area contributed by atoms with Gasteiger partial charge in [-0.2, -0.15) is 0 Å². The van der Waals surface area contributed by atoms with E-state index in [1.54, 1.807) is 0 Å². The largest absolute Gasteiger partial charge is 0.481 e. The van der Waals surface area contributed by atoms with E-state index in [0.29, 0.717) is 18.0 Å². The van der Waals surface area contributed by atoms with Crippen LogP contribution in [0.25, 0.3) is 10.2 Å². The van der Waals surface area contributed by atoms with Crippen LogP contribution in [0, 0.1) is 18.8 Å². The average molecular weight is 330 g/mol. The normalized spacial score (nSPS) is 21.0. The molecule has 0 fully saturated rings. The molecule has 1 aliphatic rings. The van der Waals surface area contributed by atoms with Crippen molar-refractivity contribution < 1.29 is 14.7 Å². The highest BCUT2D eigenvalue weighted by Crippen LogP contribution is 2.32. The first-order valence-electron chi connectivity index (χ1n) is 7.50. The van der Waals surface area contributed by atoms with E-state index < -0.39 is 17.8 Å². The van der Waals surface area contributed by atoms with Gasteiger partial charge in [0.15, 0.2) is 5.13 Å². The summed E-state index contributed by atoms with van der Waals surface area (Å²) < 4.78 is 1.01. The number of aryl methyl sites for hydroxylation is 1. The monoisotopic (exact) mass is 330 g/mol. The van der Waals surface area contributed by atoms with Gasteiger partial charge in [-0.1, -0.05) is 29.1 Å². The Bertz CT molecular complexity index is 809. The van der Waals surface area contributed by atoms with Crippen LogP contribution in [0.4, 0.5) is 5.13 Å². The number of fused-ring (bicyclic) bond motifs is 1. The number of hydrogen-bond acceptors (Lipinski definition) is 4. The van der Waals surface area contributed by atoms with Gasteiger partial charge in [-0.25, -0.2) is 4.98 Å². The predicted octanol–water partition coefficient (Wildman–Crippen LogP) is 3.60. The number of benzene rings is 1. The molecule has 0 radical (unpaired) electrons. The van der Waals surface area contributed by atoms with E-state index in [4.69, 9.17) is 0 Å². The van der Waals surface area contributed by atoms with Crippen LogP contribution >= 0.6 is 11.3 Å². The molecule has 1 amide bonds. The second kappa shape index (κ2) is 6.12. The zero-order valence-corrected chi connectivity index (χ0v) is 13.8. The number of amides is 1. The smallest absolute Gasteiger partial charge is 0.307 e. The molecule has 0 saturated heterocycles. The summed E-state index contributed by atoms with van der Waals surface area (Å²) in [5.41, 5.74) is 3.03. The van der Waals surface area contributed by atoms with E-state index in [1.165, 1.54) is 11.3 Å². The number of hydrogen-bond donors (Lipinski definition) is 2. The van der Waals surface area contributed by atoms with Gasteiger partial charge in [-0.15, -0.1) is 0 Å². The molecule has 2 aromatic rings. The van der Waals surface area contributed by atoms with E-state index in [0.717, 1.165) is 21.4 Å². The number of allylic oxidation sites excluding steroid dienone is 2. The van der Waals surface area contributed by atoms with Gasteiger partial charge in [0.2, 0.25) is 5.91 Å². The van der Waals surface area contributed by atoms with Crippen molar-refractivity contribution in [3.8, 4) is 0 Å². The summed E-state index contributed by atoms with van der Waals surface area (Å²) in [6.07, 6.45) is 2.79. The molecule has 1 heterocycles. The van der Waals surface area contributed by atoms with Crippen molar-refractivity contribution in [2.24, 2.45) is 11.8 Å². The maximum absolute atomic E-state index is 12.5. The molecule has 5 nitrogen and oxygen atoms in total. The van der Waals surface area contributed by atoms with Crippen LogP contribution < -0.4 is 5.32 Å². The lowest BCUT2D eigenvalue weighted by molar-refractivity contribution is -0.146. The minimum absolute atomic E-state index is 0.263. The number of nitrogens with one attached hydrogen (secondary N) is 1. The molecule has 2 N–H and O–H groups in total. The molecular formula is C17H18N2O3S. The number of carboxylic acids is 1. The first kappa shape index (κ1) is 15.7. The molecule has 3 rings (SSSR count). The predicted molar refractivity (Wildman–Crippen MR) is 90.6 cm³/mol. The number of carboxylic acid groups (broad SMARTS) is 1. The summed E-state index contributed by atoms with van der Waals surface area (Å²) in [6.45, 7) is 3.94. The molecule has 0 aliphatic heterocycles. The molecule has 1 aromatic heterocycles. The van der Waals surface area contributed by atoms with Crippen LogP contribution in [-0.4, -0.2) is 22.0 Å². The lowest BCUT2D eigenvalue weighted by Gasteiger charge is -2.26. The number of carbonyl (C=O) groups excluding carboxylic acids is 1. The van der Waals surface area contributed by atoms with Gasteiger partial charge in [0.1, 0.15) is 0 Å². The lowest BCUT2D eigenvalue weighted by atomic mass is 9.79. The number of aromatic nitrogens is 1. The zero-order chi connectivity index (χ0) is 16.6. The standard InChI is InChI=1S/C17H18N2O3S/c1-9-3-5-11(16(21)22)12(7-9)15(20)19-17-18-13-6-4-10(2)8-14(13)23-17/h3-4,6,8,11-12H,5,7H2,1-2H3,(H,21,22)(H,18,19,20). The van der Waals surface area contributed by atoms with E-state index in [9.17, 15) is 14.7 Å². The molecule has 0 spiro atoms. The van der Waals surface area contributed by atoms with Crippen LogP contribution in [0.5, 0.6) is 0 Å². The highest BCUT2D eigenvalue weighted by atomic mass is 32.1. The number of nitrogens with zero attached hydrogens (tertiary/aromatic N) is 1. The van der Waals surface area contributed by atoms with Gasteiger partial charge in [-0.3, -0.25) is 9.59 Å². The fourth-order valence-corrected chi connectivity index (χ4v) is 3.86. The third-order valence-corrected chi connectivity index (χ3v) is 5.11. The Balaban J connectivity index is 1.81. The van der Waals surface area contributed by atoms with Gasteiger partial charge in [-0.05, 0) is 44.4 Å². The number of thiazole rings is 1. The molecule has 120 valence electrons. The second-order valence-electron chi connectivity index (χ2n) is 6.02. The fraction of sp³-hybridized carbons (Fsp3) is 0.353. The van der Waals surface area contributed by atoms with Crippen LogP contribution in [0.1, 0.15) is 25.3 Å². The minimum atomic E-state index is -0.922. The Hall–Kier alpha value is -2.21. The minimum Gasteiger partial charge on any atom is -0.481 e. The number of aliphatic carboxylic acids is 1. The first-order chi connectivity index (χ1) is 10.9. The Morgan fingerprint density at radius 1 is 1.30 bits per heavy atom. The highest BCUT2D eigenvalue weighted by molar-refractivity contribution is 7.22. The summed E-state index contributed by atoms with van der Waals surface area (Å²) in [5, 5.41) is 12.7. The van der Waals surface area contributed by atoms with Crippen molar-refractivity contribution in [3.05, 3.63) is 35.4 Å². The average Bonchev–Trinajstić information content (AvgIpc) is 2.88. The van der Waals surface area contributed by atoms with Crippen LogP contribution in [0.15, 0.2) is 29.8 Å². The Morgan fingerprint density at radius 2 is 2.09 bits per heavy atom. The second-order valence-corrected chi connectivity index (χ2v) is 7.05. The topological polar surface area (TPSA) is 79.3 Å². The lowest BCUT2D eigenvalue weighted by Crippen LogP contribution is -2.35. The van der Waals surface area contributed by atoms with Crippen molar-refractivity contribution in [1.29, 1.82) is 0 Å². The molecule has 6 heteroatoms. The zero-order valence-electron chi connectivity index (χ0n) is 13.0. The molecule has 1 aliphatic carbocycles. The maximum Gasteiger partial charge on any atom is 0.307 e. The maximum atomic E-state index is 12.5. The van der Waals surface area contributed by atoms with Gasteiger partial charge in [0.05, 0.1) is 22.1 Å². The van der Waals surface area contributed by atoms with Crippen molar-refractivity contribution in [1.82, 2.24) is 4.98 Å². The Labute approximate surface area is 138 Å². The van der Waals surface area contributed by atoms with E-state index in [1.807, 2.05) is 38.1 Å². The summed E-state index contributed by atoms with van der Waals surface area (Å²) >= 11 is 1.41. The SMILES string of the molecule is CC1=CCC(C(=O)O)C(C(=O)Nc2nc3ccc(C)cc3s2)C1. The number of rotatable bonds is 3. The van der Waals surface area contributed by atoms with Crippen molar-refractivity contribution >= 4 is 38.6 Å². The molecule has 2 unspecified atom stereocenters. The summed E-state index contributed by atoms with van der Waals surface area (Å²) in [5.74, 6) is -2.41. The molecule has 0 saturated carbocycles. The number of anilines is 1. The molecular weight excluding hydrogens is 312 g/mol. The van der Waals surface area contributed by atoms with Gasteiger partial charge in [0, 0.05) is 0 Å². The van der Waals surface area contributed by atoms with E-state index >= 15 is 0 Å². The molecule has 2 atom stereocenters. The highest BCUT2D eigenvalue weighted by Gasteiger charge is 2.35. The van der Waals surface area contributed by atoms with E-state index in [2.05, 4.69) is 10.3 Å². The van der Waals surface area contributed by atoms with Crippen molar-refractivity contribution in [3.63, 3.8) is 0 Å². The fourth-order valence-electron chi connectivity index (χ4n) is 2.90. The third kappa shape index (κ3) is 3.27. The van der Waals surface area contributed by atoms with Gasteiger partial charge in [0.25, 0.3) is 0 Å². The molecule has 23 heavy (non-hydrogen) atoms. The van der Waals surface area contributed by atoms with E-state index in [-0.39, 0.29) is 5.91 Å². The van der Waals surface area contributed by atoms with Crippen molar-refractivity contribution in [2.45, 2.75) is 26.7 Å². The summed E-state index contributed by atoms with van der Waals surface area (Å²) in [7, 11) is 0.